The normalized spacial score (nSPS) is 17.0. The van der Waals surface area contributed by atoms with Crippen LogP contribution in [-0.4, -0.2) is 37.2 Å². The summed E-state index contributed by atoms with van der Waals surface area (Å²) in [6, 6.07) is 0. The first-order valence-corrected chi connectivity index (χ1v) is 4.71. The SMILES string of the molecule is CCC(C)(COC(C)C)N(C)C. The predicted molar refractivity (Wildman–Crippen MR) is 53.5 cm³/mol. The third kappa shape index (κ3) is 3.55. The van der Waals surface area contributed by atoms with E-state index in [1.807, 2.05) is 0 Å². The summed E-state index contributed by atoms with van der Waals surface area (Å²) in [4.78, 5) is 2.23. The van der Waals surface area contributed by atoms with Gasteiger partial charge in [-0.2, -0.15) is 0 Å². The molecular weight excluding hydrogens is 150 g/mol. The standard InChI is InChI=1S/C10H23NO/c1-7-10(4,11(5)6)8-12-9(2)3/h9H,7-8H2,1-6H3. The summed E-state index contributed by atoms with van der Waals surface area (Å²) in [5.74, 6) is 0. The van der Waals surface area contributed by atoms with Crippen LogP contribution in [0.4, 0.5) is 0 Å². The van der Waals surface area contributed by atoms with E-state index in [2.05, 4.69) is 46.7 Å². The minimum absolute atomic E-state index is 0.185. The molecule has 0 aliphatic heterocycles. The van der Waals surface area contributed by atoms with Gasteiger partial charge in [-0.25, -0.2) is 0 Å². The fourth-order valence-electron chi connectivity index (χ4n) is 0.894. The molecule has 0 aliphatic carbocycles. The lowest BCUT2D eigenvalue weighted by molar-refractivity contribution is -0.00597. The van der Waals surface area contributed by atoms with Crippen molar-refractivity contribution in [3.05, 3.63) is 0 Å². The molecule has 0 bridgehead atoms. The van der Waals surface area contributed by atoms with E-state index in [1.165, 1.54) is 0 Å². The summed E-state index contributed by atoms with van der Waals surface area (Å²) >= 11 is 0. The minimum Gasteiger partial charge on any atom is -0.377 e. The van der Waals surface area contributed by atoms with Gasteiger partial charge in [0, 0.05) is 5.54 Å². The largest absolute Gasteiger partial charge is 0.377 e. The van der Waals surface area contributed by atoms with Gasteiger partial charge in [0.15, 0.2) is 0 Å². The Balaban J connectivity index is 3.97. The molecule has 0 aromatic rings. The molecule has 1 unspecified atom stereocenters. The van der Waals surface area contributed by atoms with Crippen molar-refractivity contribution in [1.82, 2.24) is 4.90 Å². The molecular formula is C10H23NO. The molecule has 0 spiro atoms. The number of likely N-dealkylation sites (N-methyl/N-ethyl adjacent to an activating group) is 1. The third-order valence-electron chi connectivity index (χ3n) is 2.57. The van der Waals surface area contributed by atoms with Crippen LogP contribution in [-0.2, 0) is 4.74 Å². The van der Waals surface area contributed by atoms with Crippen LogP contribution in [0.3, 0.4) is 0 Å². The zero-order valence-electron chi connectivity index (χ0n) is 9.35. The third-order valence-corrected chi connectivity index (χ3v) is 2.57. The molecule has 0 saturated carbocycles. The summed E-state index contributed by atoms with van der Waals surface area (Å²) in [6.45, 7) is 9.39. The van der Waals surface area contributed by atoms with Gasteiger partial charge in [-0.05, 0) is 41.3 Å². The fraction of sp³-hybridized carbons (Fsp3) is 1.00. The molecule has 2 heteroatoms. The summed E-state index contributed by atoms with van der Waals surface area (Å²) in [7, 11) is 4.21. The Morgan fingerprint density at radius 3 is 2.08 bits per heavy atom. The number of ether oxygens (including phenoxy) is 1. The van der Waals surface area contributed by atoms with Crippen molar-refractivity contribution < 1.29 is 4.74 Å². The highest BCUT2D eigenvalue weighted by Crippen LogP contribution is 2.16. The maximum absolute atomic E-state index is 5.62. The molecule has 0 amide bonds. The number of rotatable bonds is 5. The summed E-state index contributed by atoms with van der Waals surface area (Å²) in [5.41, 5.74) is 0.185. The number of hydrogen-bond donors (Lipinski definition) is 0. The highest BCUT2D eigenvalue weighted by molar-refractivity contribution is 4.80. The van der Waals surface area contributed by atoms with Gasteiger partial charge in [-0.1, -0.05) is 6.92 Å². The first-order valence-electron chi connectivity index (χ1n) is 4.71. The van der Waals surface area contributed by atoms with Crippen LogP contribution >= 0.6 is 0 Å². The predicted octanol–water partition coefficient (Wildman–Crippen LogP) is 2.14. The summed E-state index contributed by atoms with van der Waals surface area (Å²) < 4.78 is 5.62. The molecule has 0 fully saturated rings. The number of nitrogens with zero attached hydrogens (tertiary/aromatic N) is 1. The molecule has 0 rings (SSSR count). The quantitative estimate of drug-likeness (QED) is 0.631. The Hall–Kier alpha value is -0.0800. The van der Waals surface area contributed by atoms with Crippen LogP contribution < -0.4 is 0 Å². The Morgan fingerprint density at radius 2 is 1.83 bits per heavy atom. The second kappa shape index (κ2) is 4.83. The van der Waals surface area contributed by atoms with Crippen LogP contribution in [0.15, 0.2) is 0 Å². The van der Waals surface area contributed by atoms with Gasteiger partial charge >= 0.3 is 0 Å². The lowest BCUT2D eigenvalue weighted by Gasteiger charge is -2.35. The topological polar surface area (TPSA) is 12.5 Å². The minimum atomic E-state index is 0.185. The molecule has 1 atom stereocenters. The van der Waals surface area contributed by atoms with Crippen LogP contribution in [0, 0.1) is 0 Å². The average Bonchev–Trinajstić information content (AvgIpc) is 1.99. The first-order chi connectivity index (χ1) is 5.42. The highest BCUT2D eigenvalue weighted by Gasteiger charge is 2.24. The molecule has 0 aromatic heterocycles. The highest BCUT2D eigenvalue weighted by atomic mass is 16.5. The van der Waals surface area contributed by atoms with Gasteiger partial charge in [0.05, 0.1) is 12.7 Å². The Bertz CT molecular complexity index is 123. The van der Waals surface area contributed by atoms with E-state index in [0.29, 0.717) is 6.10 Å². The molecule has 2 nitrogen and oxygen atoms in total. The zero-order valence-corrected chi connectivity index (χ0v) is 9.35. The lowest BCUT2D eigenvalue weighted by Crippen LogP contribution is -2.45. The summed E-state index contributed by atoms with van der Waals surface area (Å²) in [5, 5.41) is 0. The van der Waals surface area contributed by atoms with E-state index < -0.39 is 0 Å². The molecule has 0 N–H and O–H groups in total. The van der Waals surface area contributed by atoms with Crippen molar-refractivity contribution in [2.45, 2.75) is 45.8 Å². The van der Waals surface area contributed by atoms with Gasteiger partial charge in [-0.3, -0.25) is 0 Å². The molecule has 0 aromatic carbocycles. The molecule has 0 radical (unpaired) electrons. The van der Waals surface area contributed by atoms with Crippen LogP contribution in [0.25, 0.3) is 0 Å². The Kier molecular flexibility index (Phi) is 4.80. The molecule has 12 heavy (non-hydrogen) atoms. The smallest absolute Gasteiger partial charge is 0.0650 e. The first kappa shape index (κ1) is 11.9. The average molecular weight is 173 g/mol. The monoisotopic (exact) mass is 173 g/mol. The van der Waals surface area contributed by atoms with Crippen molar-refractivity contribution in [3.8, 4) is 0 Å². The van der Waals surface area contributed by atoms with Crippen molar-refractivity contribution in [2.24, 2.45) is 0 Å². The van der Waals surface area contributed by atoms with E-state index in [0.717, 1.165) is 13.0 Å². The fourth-order valence-corrected chi connectivity index (χ4v) is 0.894. The number of hydrogen-bond acceptors (Lipinski definition) is 2. The van der Waals surface area contributed by atoms with Gasteiger partial charge in [0.2, 0.25) is 0 Å². The van der Waals surface area contributed by atoms with Crippen molar-refractivity contribution >= 4 is 0 Å². The van der Waals surface area contributed by atoms with Crippen molar-refractivity contribution in [2.75, 3.05) is 20.7 Å². The second-order valence-electron chi connectivity index (χ2n) is 4.10. The van der Waals surface area contributed by atoms with E-state index in [9.17, 15) is 0 Å². The van der Waals surface area contributed by atoms with Crippen molar-refractivity contribution in [1.29, 1.82) is 0 Å². The maximum Gasteiger partial charge on any atom is 0.0650 e. The Morgan fingerprint density at radius 1 is 1.33 bits per heavy atom. The lowest BCUT2D eigenvalue weighted by atomic mass is 9.99. The van der Waals surface area contributed by atoms with Gasteiger partial charge in [-0.15, -0.1) is 0 Å². The van der Waals surface area contributed by atoms with E-state index >= 15 is 0 Å². The van der Waals surface area contributed by atoms with Crippen molar-refractivity contribution in [3.63, 3.8) is 0 Å². The van der Waals surface area contributed by atoms with Crippen LogP contribution in [0.2, 0.25) is 0 Å². The Labute approximate surface area is 76.9 Å². The maximum atomic E-state index is 5.62. The van der Waals surface area contributed by atoms with E-state index in [4.69, 9.17) is 4.74 Å². The van der Waals surface area contributed by atoms with Gasteiger partial charge < -0.3 is 9.64 Å². The van der Waals surface area contributed by atoms with Gasteiger partial charge in [0.25, 0.3) is 0 Å². The summed E-state index contributed by atoms with van der Waals surface area (Å²) in [6.07, 6.45) is 1.45. The molecule has 0 aliphatic rings. The zero-order chi connectivity index (χ0) is 9.78. The van der Waals surface area contributed by atoms with Crippen LogP contribution in [0.1, 0.15) is 34.1 Å². The van der Waals surface area contributed by atoms with Gasteiger partial charge in [0.1, 0.15) is 0 Å². The molecule has 74 valence electrons. The molecule has 0 saturated heterocycles. The van der Waals surface area contributed by atoms with E-state index in [1.54, 1.807) is 0 Å². The second-order valence-corrected chi connectivity index (χ2v) is 4.10. The van der Waals surface area contributed by atoms with E-state index in [-0.39, 0.29) is 5.54 Å². The van der Waals surface area contributed by atoms with Crippen LogP contribution in [0.5, 0.6) is 0 Å². The molecule has 0 heterocycles.